The molecule has 2 aromatic heterocycles. The van der Waals surface area contributed by atoms with E-state index in [-0.39, 0.29) is 0 Å². The number of hydrogen-bond acceptors (Lipinski definition) is 3. The summed E-state index contributed by atoms with van der Waals surface area (Å²) >= 11 is 7.56. The number of rotatable bonds is 3. The fraction of sp³-hybridized carbons (Fsp3) is 0.0667. The first-order chi connectivity index (χ1) is 9.72. The van der Waals surface area contributed by atoms with Gasteiger partial charge in [-0.15, -0.1) is 11.3 Å². The Morgan fingerprint density at radius 3 is 2.55 bits per heavy atom. The summed E-state index contributed by atoms with van der Waals surface area (Å²) in [4.78, 5) is 2.30. The number of hydrogen-bond donors (Lipinski definition) is 1. The van der Waals surface area contributed by atoms with E-state index in [0.29, 0.717) is 0 Å². The monoisotopic (exact) mass is 301 g/mol. The zero-order valence-corrected chi connectivity index (χ0v) is 12.4. The van der Waals surface area contributed by atoms with Gasteiger partial charge in [-0.05, 0) is 42.8 Å². The lowest BCUT2D eigenvalue weighted by atomic mass is 10.2. The van der Waals surface area contributed by atoms with Gasteiger partial charge in [0.1, 0.15) is 5.69 Å². The maximum atomic E-state index is 5.87. The van der Waals surface area contributed by atoms with E-state index in [9.17, 15) is 0 Å². The molecular weight excluding hydrogens is 290 g/mol. The molecule has 0 amide bonds. The van der Waals surface area contributed by atoms with Crippen LogP contribution in [0.5, 0.6) is 0 Å². The quantitative estimate of drug-likeness (QED) is 0.764. The molecular formula is C15H12ClN3S. The smallest absolute Gasteiger partial charge is 0.125 e. The van der Waals surface area contributed by atoms with Crippen LogP contribution in [0.25, 0.3) is 22.7 Å². The minimum Gasteiger partial charge on any atom is -0.197 e. The molecule has 0 radical (unpaired) electrons. The minimum atomic E-state index is 0.752. The van der Waals surface area contributed by atoms with Crippen molar-refractivity contribution in [3.63, 3.8) is 0 Å². The van der Waals surface area contributed by atoms with Gasteiger partial charge in [0.05, 0.1) is 10.6 Å². The molecule has 5 heteroatoms. The Labute approximate surface area is 125 Å². The average molecular weight is 302 g/mol. The van der Waals surface area contributed by atoms with E-state index < -0.39 is 0 Å². The molecule has 0 aliphatic carbocycles. The van der Waals surface area contributed by atoms with Crippen LogP contribution in [-0.2, 0) is 0 Å². The van der Waals surface area contributed by atoms with Crippen LogP contribution in [0.4, 0.5) is 0 Å². The lowest BCUT2D eigenvalue weighted by molar-refractivity contribution is 0.930. The maximum Gasteiger partial charge on any atom is 0.125 e. The number of nitrogens with one attached hydrogen (secondary N) is 1. The number of nitrogens with zero attached hydrogens (tertiary/aromatic N) is 2. The first-order valence-corrected chi connectivity index (χ1v) is 7.33. The van der Waals surface area contributed by atoms with Crippen LogP contribution in [0.1, 0.15) is 16.1 Å². The summed E-state index contributed by atoms with van der Waals surface area (Å²) in [5.41, 5.74) is 2.96. The summed E-state index contributed by atoms with van der Waals surface area (Å²) in [5, 5.41) is 11.6. The fourth-order valence-corrected chi connectivity index (χ4v) is 2.92. The second kappa shape index (κ2) is 5.61. The third-order valence-corrected chi connectivity index (χ3v) is 4.20. The second-order valence-corrected chi connectivity index (χ2v) is 5.90. The van der Waals surface area contributed by atoms with Gasteiger partial charge in [0.2, 0.25) is 0 Å². The van der Waals surface area contributed by atoms with Gasteiger partial charge in [0.15, 0.2) is 0 Å². The molecule has 0 bridgehead atoms. The van der Waals surface area contributed by atoms with Crippen molar-refractivity contribution in [2.45, 2.75) is 6.92 Å². The molecule has 1 N–H and O–H groups in total. The molecule has 100 valence electrons. The van der Waals surface area contributed by atoms with Crippen LogP contribution < -0.4 is 0 Å². The third-order valence-electron chi connectivity index (χ3n) is 2.89. The largest absolute Gasteiger partial charge is 0.197 e. The Morgan fingerprint density at radius 1 is 1.05 bits per heavy atom. The molecule has 0 atom stereocenters. The molecule has 0 unspecified atom stereocenters. The van der Waals surface area contributed by atoms with E-state index >= 15 is 0 Å². The van der Waals surface area contributed by atoms with E-state index in [1.165, 1.54) is 4.88 Å². The number of H-pyrrole nitrogens is 1. The molecule has 0 saturated heterocycles. The molecule has 3 rings (SSSR count). The summed E-state index contributed by atoms with van der Waals surface area (Å²) in [5.74, 6) is 0. The molecule has 0 aliphatic rings. The van der Waals surface area contributed by atoms with Crippen molar-refractivity contribution in [3.05, 3.63) is 57.6 Å². The highest BCUT2D eigenvalue weighted by atomic mass is 35.5. The molecule has 3 aromatic rings. The van der Waals surface area contributed by atoms with Gasteiger partial charge in [-0.25, -0.2) is 0 Å². The summed E-state index contributed by atoms with van der Waals surface area (Å²) in [6.45, 7) is 1.95. The molecule has 20 heavy (non-hydrogen) atoms. The van der Waals surface area contributed by atoms with Gasteiger partial charge in [-0.3, -0.25) is 0 Å². The van der Waals surface area contributed by atoms with E-state index in [1.807, 2.05) is 31.2 Å². The molecule has 1 aromatic carbocycles. The van der Waals surface area contributed by atoms with Gasteiger partial charge in [-0.1, -0.05) is 29.8 Å². The topological polar surface area (TPSA) is 41.6 Å². The van der Waals surface area contributed by atoms with Crippen molar-refractivity contribution in [1.82, 2.24) is 15.4 Å². The van der Waals surface area contributed by atoms with Gasteiger partial charge >= 0.3 is 0 Å². The van der Waals surface area contributed by atoms with Crippen LogP contribution >= 0.6 is 22.9 Å². The second-order valence-electron chi connectivity index (χ2n) is 4.34. The Hall–Kier alpha value is -1.91. The number of halogens is 1. The first-order valence-electron chi connectivity index (χ1n) is 6.13. The summed E-state index contributed by atoms with van der Waals surface area (Å²) in [6.07, 6.45) is 4.16. The number of aromatic amines is 1. The van der Waals surface area contributed by atoms with Crippen molar-refractivity contribution >= 4 is 35.1 Å². The SMILES string of the molecule is Cc1n[nH]nc1-c1ccc(/C=C/c2ccc(Cl)cc2)s1. The molecule has 0 fully saturated rings. The van der Waals surface area contributed by atoms with Crippen molar-refractivity contribution < 1.29 is 0 Å². The summed E-state index contributed by atoms with van der Waals surface area (Å²) in [6, 6.07) is 11.9. The highest BCUT2D eigenvalue weighted by Gasteiger charge is 2.08. The Bertz CT molecular complexity index is 741. The number of benzene rings is 1. The third kappa shape index (κ3) is 2.81. The zero-order valence-electron chi connectivity index (χ0n) is 10.8. The van der Waals surface area contributed by atoms with Crippen LogP contribution in [0, 0.1) is 6.92 Å². The van der Waals surface area contributed by atoms with E-state index in [2.05, 4.69) is 39.7 Å². The van der Waals surface area contributed by atoms with Crippen LogP contribution in [0.15, 0.2) is 36.4 Å². The normalized spacial score (nSPS) is 11.3. The van der Waals surface area contributed by atoms with Crippen molar-refractivity contribution in [1.29, 1.82) is 0 Å². The van der Waals surface area contributed by atoms with Crippen LogP contribution in [0.3, 0.4) is 0 Å². The predicted octanol–water partition coefficient (Wildman–Crippen LogP) is 4.67. The van der Waals surface area contributed by atoms with Crippen molar-refractivity contribution in [3.8, 4) is 10.6 Å². The molecule has 0 saturated carbocycles. The minimum absolute atomic E-state index is 0.752. The Kier molecular flexibility index (Phi) is 3.67. The average Bonchev–Trinajstić information content (AvgIpc) is 3.06. The molecule has 0 aliphatic heterocycles. The number of aryl methyl sites for hydroxylation is 1. The van der Waals surface area contributed by atoms with Crippen molar-refractivity contribution in [2.75, 3.05) is 0 Å². The fourth-order valence-electron chi connectivity index (χ4n) is 1.84. The van der Waals surface area contributed by atoms with E-state index in [0.717, 1.165) is 26.9 Å². The Morgan fingerprint density at radius 2 is 1.85 bits per heavy atom. The van der Waals surface area contributed by atoms with Gasteiger partial charge in [0, 0.05) is 9.90 Å². The number of thiophene rings is 1. The lowest BCUT2D eigenvalue weighted by Crippen LogP contribution is -1.75. The first kappa shape index (κ1) is 13.1. The highest BCUT2D eigenvalue weighted by Crippen LogP contribution is 2.29. The van der Waals surface area contributed by atoms with Gasteiger partial charge < -0.3 is 0 Å². The standard InChI is InChI=1S/C15H12ClN3S/c1-10-15(18-19-17-10)14-9-8-13(20-14)7-4-11-2-5-12(16)6-3-11/h2-9H,1H3,(H,17,18,19)/b7-4+. The summed E-state index contributed by atoms with van der Waals surface area (Å²) < 4.78 is 0. The molecule has 0 spiro atoms. The van der Waals surface area contributed by atoms with Crippen LogP contribution in [0.2, 0.25) is 5.02 Å². The predicted molar refractivity (Wildman–Crippen MR) is 84.8 cm³/mol. The highest BCUT2D eigenvalue weighted by molar-refractivity contribution is 7.16. The Balaban J connectivity index is 1.81. The lowest BCUT2D eigenvalue weighted by Gasteiger charge is -1.93. The number of aromatic nitrogens is 3. The van der Waals surface area contributed by atoms with Crippen LogP contribution in [-0.4, -0.2) is 15.4 Å². The van der Waals surface area contributed by atoms with E-state index in [1.54, 1.807) is 11.3 Å². The zero-order chi connectivity index (χ0) is 13.9. The van der Waals surface area contributed by atoms with Gasteiger partial charge in [-0.2, -0.15) is 15.4 Å². The van der Waals surface area contributed by atoms with Gasteiger partial charge in [0.25, 0.3) is 0 Å². The molecule has 3 nitrogen and oxygen atoms in total. The van der Waals surface area contributed by atoms with Crippen molar-refractivity contribution in [2.24, 2.45) is 0 Å². The summed E-state index contributed by atoms with van der Waals surface area (Å²) in [7, 11) is 0. The maximum absolute atomic E-state index is 5.87. The van der Waals surface area contributed by atoms with E-state index in [4.69, 9.17) is 11.6 Å². The molecule has 2 heterocycles.